The lowest BCUT2D eigenvalue weighted by atomic mass is 10.0. The van der Waals surface area contributed by atoms with Crippen molar-refractivity contribution in [3.05, 3.63) is 51.6 Å². The summed E-state index contributed by atoms with van der Waals surface area (Å²) in [5, 5.41) is 9.08. The molecule has 0 spiro atoms. The standard InChI is InChI=1S/C23H23BrN6O3S/c1-12-5-6-18(24)26-21(12)27-22(33)15-9-23(2)10-17(23)30(15)19(31)11-29-14(16-4-3-7-34-16)8-13(28-29)20(25)32/h3-8,15,17H,9-11H2,1-2H3,(H2,25,32)(H,26,27,33)/t15-,17+,23-/m0/s1. The second-order valence-corrected chi connectivity index (χ2v) is 10.9. The number of hydrogen-bond donors (Lipinski definition) is 2. The van der Waals surface area contributed by atoms with E-state index in [2.05, 4.69) is 38.3 Å². The Bertz CT molecular complexity index is 1310. The van der Waals surface area contributed by atoms with E-state index in [1.807, 2.05) is 36.6 Å². The smallest absolute Gasteiger partial charge is 0.269 e. The molecule has 2 fully saturated rings. The molecule has 1 aliphatic carbocycles. The minimum atomic E-state index is -0.658. The molecule has 1 saturated heterocycles. The Morgan fingerprint density at radius 3 is 2.79 bits per heavy atom. The summed E-state index contributed by atoms with van der Waals surface area (Å²) in [6.45, 7) is 3.88. The average Bonchev–Trinajstić information content (AvgIpc) is 3.22. The molecule has 1 saturated carbocycles. The summed E-state index contributed by atoms with van der Waals surface area (Å²) in [4.78, 5) is 45.4. The number of nitrogens with zero attached hydrogens (tertiary/aromatic N) is 4. The Morgan fingerprint density at radius 2 is 2.09 bits per heavy atom. The Morgan fingerprint density at radius 1 is 1.29 bits per heavy atom. The third kappa shape index (κ3) is 4.03. The first-order valence-corrected chi connectivity index (χ1v) is 12.5. The van der Waals surface area contributed by atoms with Gasteiger partial charge in [-0.15, -0.1) is 11.3 Å². The van der Waals surface area contributed by atoms with Gasteiger partial charge < -0.3 is 16.0 Å². The molecule has 3 N–H and O–H groups in total. The number of aryl methyl sites for hydroxylation is 1. The number of pyridine rings is 1. The van der Waals surface area contributed by atoms with Crippen LogP contribution >= 0.6 is 27.3 Å². The molecule has 0 aromatic carbocycles. The number of carbonyl (C=O) groups excluding carboxylic acids is 3. The maximum atomic E-state index is 13.5. The molecule has 34 heavy (non-hydrogen) atoms. The van der Waals surface area contributed by atoms with E-state index in [-0.39, 0.29) is 35.5 Å². The van der Waals surface area contributed by atoms with Crippen LogP contribution in [-0.4, -0.2) is 49.5 Å². The molecule has 11 heteroatoms. The zero-order valence-electron chi connectivity index (χ0n) is 18.6. The van der Waals surface area contributed by atoms with Gasteiger partial charge >= 0.3 is 0 Å². The van der Waals surface area contributed by atoms with E-state index < -0.39 is 11.9 Å². The number of thiophene rings is 1. The number of likely N-dealkylation sites (tertiary alicyclic amines) is 1. The zero-order chi connectivity index (χ0) is 24.2. The molecule has 3 aromatic rings. The van der Waals surface area contributed by atoms with Crippen molar-refractivity contribution >= 4 is 50.8 Å². The van der Waals surface area contributed by atoms with Gasteiger partial charge in [0.05, 0.1) is 10.6 Å². The maximum Gasteiger partial charge on any atom is 0.269 e. The monoisotopic (exact) mass is 542 g/mol. The van der Waals surface area contributed by atoms with E-state index in [1.54, 1.807) is 11.0 Å². The molecule has 2 aliphatic rings. The van der Waals surface area contributed by atoms with Gasteiger partial charge in [-0.2, -0.15) is 5.10 Å². The number of hydrogen-bond acceptors (Lipinski definition) is 6. The molecular weight excluding hydrogens is 520 g/mol. The third-order valence-corrected chi connectivity index (χ3v) is 7.96. The van der Waals surface area contributed by atoms with E-state index in [0.29, 0.717) is 22.5 Å². The number of nitrogens with one attached hydrogen (secondary N) is 1. The second-order valence-electron chi connectivity index (χ2n) is 9.10. The first-order valence-electron chi connectivity index (χ1n) is 10.8. The van der Waals surface area contributed by atoms with E-state index in [9.17, 15) is 14.4 Å². The fraction of sp³-hybridized carbons (Fsp3) is 0.348. The average molecular weight is 543 g/mol. The third-order valence-electron chi connectivity index (χ3n) is 6.62. The molecule has 5 rings (SSSR count). The highest BCUT2D eigenvalue weighted by molar-refractivity contribution is 9.10. The number of nitrogens with two attached hydrogens (primary N) is 1. The Balaban J connectivity index is 1.40. The largest absolute Gasteiger partial charge is 0.364 e. The molecule has 0 unspecified atom stereocenters. The van der Waals surface area contributed by atoms with Crippen LogP contribution in [0.3, 0.4) is 0 Å². The van der Waals surface area contributed by atoms with E-state index in [4.69, 9.17) is 5.73 Å². The molecule has 4 heterocycles. The van der Waals surface area contributed by atoms with Crippen molar-refractivity contribution in [1.29, 1.82) is 0 Å². The molecule has 3 atom stereocenters. The van der Waals surface area contributed by atoms with Crippen LogP contribution in [0.2, 0.25) is 0 Å². The number of amides is 3. The van der Waals surface area contributed by atoms with Crippen LogP contribution in [0, 0.1) is 12.3 Å². The number of halogens is 1. The molecule has 0 bridgehead atoms. The summed E-state index contributed by atoms with van der Waals surface area (Å²) < 4.78 is 2.12. The molecular formula is C23H23BrN6O3S. The fourth-order valence-electron chi connectivity index (χ4n) is 4.68. The SMILES string of the molecule is Cc1ccc(Br)nc1NC(=O)[C@@H]1C[C@@]2(C)C[C@H]2N1C(=O)Cn1nc(C(N)=O)cc1-c1cccs1. The van der Waals surface area contributed by atoms with Gasteiger partial charge in [0, 0.05) is 6.04 Å². The normalized spacial score (nSPS) is 23.0. The van der Waals surface area contributed by atoms with Gasteiger partial charge in [-0.05, 0) is 70.3 Å². The van der Waals surface area contributed by atoms with Crippen LogP contribution < -0.4 is 11.1 Å². The quantitative estimate of drug-likeness (QED) is 0.463. The Kier molecular flexibility index (Phi) is 5.56. The van der Waals surface area contributed by atoms with E-state index in [0.717, 1.165) is 16.9 Å². The predicted octanol–water partition coefficient (Wildman–Crippen LogP) is 3.19. The molecule has 3 amide bonds. The van der Waals surface area contributed by atoms with Crippen molar-refractivity contribution in [3.8, 4) is 10.6 Å². The van der Waals surface area contributed by atoms with Crippen molar-refractivity contribution in [2.45, 2.75) is 45.3 Å². The molecule has 176 valence electrons. The van der Waals surface area contributed by atoms with Gasteiger partial charge in [-0.25, -0.2) is 4.98 Å². The van der Waals surface area contributed by atoms with Crippen LogP contribution in [0.4, 0.5) is 5.82 Å². The molecule has 1 aliphatic heterocycles. The van der Waals surface area contributed by atoms with Gasteiger partial charge in [-0.3, -0.25) is 19.1 Å². The minimum absolute atomic E-state index is 0.00340. The summed E-state index contributed by atoms with van der Waals surface area (Å²) in [6, 6.07) is 8.45. The van der Waals surface area contributed by atoms with Crippen LogP contribution in [0.5, 0.6) is 0 Å². The molecule has 9 nitrogen and oxygen atoms in total. The first kappa shape index (κ1) is 22.7. The number of anilines is 1. The summed E-state index contributed by atoms with van der Waals surface area (Å²) >= 11 is 4.81. The van der Waals surface area contributed by atoms with Crippen molar-refractivity contribution in [1.82, 2.24) is 19.7 Å². The Hall–Kier alpha value is -3.05. The van der Waals surface area contributed by atoms with Crippen LogP contribution in [0.15, 0.2) is 40.3 Å². The zero-order valence-corrected chi connectivity index (χ0v) is 21.0. The summed E-state index contributed by atoms with van der Waals surface area (Å²) in [7, 11) is 0. The minimum Gasteiger partial charge on any atom is -0.364 e. The fourth-order valence-corrected chi connectivity index (χ4v) is 5.74. The van der Waals surface area contributed by atoms with Crippen LogP contribution in [0.25, 0.3) is 10.6 Å². The van der Waals surface area contributed by atoms with Gasteiger partial charge in [-0.1, -0.05) is 19.1 Å². The number of rotatable bonds is 6. The Labute approximate surface area is 208 Å². The van der Waals surface area contributed by atoms with Crippen LogP contribution in [-0.2, 0) is 16.1 Å². The number of fused-ring (bicyclic) bond motifs is 1. The summed E-state index contributed by atoms with van der Waals surface area (Å²) in [5.74, 6) is -0.667. The van der Waals surface area contributed by atoms with Gasteiger partial charge in [0.15, 0.2) is 5.69 Å². The highest BCUT2D eigenvalue weighted by Crippen LogP contribution is 2.59. The van der Waals surface area contributed by atoms with Gasteiger partial charge in [0.1, 0.15) is 23.0 Å². The van der Waals surface area contributed by atoms with E-state index >= 15 is 0 Å². The molecule has 3 aromatic heterocycles. The number of piperidine rings is 1. The van der Waals surface area contributed by atoms with Gasteiger partial charge in [0.2, 0.25) is 11.8 Å². The second kappa shape index (κ2) is 8.31. The lowest BCUT2D eigenvalue weighted by molar-refractivity contribution is -0.138. The van der Waals surface area contributed by atoms with E-state index in [1.165, 1.54) is 16.0 Å². The lowest BCUT2D eigenvalue weighted by Crippen LogP contribution is -2.47. The van der Waals surface area contributed by atoms with Crippen molar-refractivity contribution in [2.24, 2.45) is 11.1 Å². The van der Waals surface area contributed by atoms with Gasteiger partial charge in [0.25, 0.3) is 5.91 Å². The number of aromatic nitrogens is 3. The highest BCUT2D eigenvalue weighted by Gasteiger charge is 2.64. The summed E-state index contributed by atoms with van der Waals surface area (Å²) in [6.07, 6.45) is 1.45. The summed E-state index contributed by atoms with van der Waals surface area (Å²) in [5.41, 5.74) is 6.94. The molecule has 0 radical (unpaired) electrons. The van der Waals surface area contributed by atoms with Crippen molar-refractivity contribution in [3.63, 3.8) is 0 Å². The number of primary amides is 1. The van der Waals surface area contributed by atoms with Crippen molar-refractivity contribution in [2.75, 3.05) is 5.32 Å². The van der Waals surface area contributed by atoms with Crippen LogP contribution in [0.1, 0.15) is 35.8 Å². The van der Waals surface area contributed by atoms with Crippen molar-refractivity contribution < 1.29 is 14.4 Å². The predicted molar refractivity (Wildman–Crippen MR) is 131 cm³/mol. The highest BCUT2D eigenvalue weighted by atomic mass is 79.9. The topological polar surface area (TPSA) is 123 Å². The lowest BCUT2D eigenvalue weighted by Gasteiger charge is -2.27. The number of carbonyl (C=O) groups is 3. The maximum absolute atomic E-state index is 13.5. The first-order chi connectivity index (χ1) is 16.2.